The Morgan fingerprint density at radius 1 is 1.40 bits per heavy atom. The highest BCUT2D eigenvalue weighted by Gasteiger charge is 2.43. The van der Waals surface area contributed by atoms with Crippen LogP contribution in [-0.4, -0.2) is 36.5 Å². The fourth-order valence-corrected chi connectivity index (χ4v) is 1.30. The zero-order valence-corrected chi connectivity index (χ0v) is 5.58. The molecule has 4 heteroatoms. The monoisotopic (exact) mass is 143 g/mol. The van der Waals surface area contributed by atoms with Crippen LogP contribution in [0.15, 0.2) is 0 Å². The quantitative estimate of drug-likeness (QED) is 0.346. The molecule has 0 N–H and O–H groups in total. The summed E-state index contributed by atoms with van der Waals surface area (Å²) in [6, 6.07) is 0. The van der Waals surface area contributed by atoms with Gasteiger partial charge in [0.05, 0.1) is 19.6 Å². The summed E-state index contributed by atoms with van der Waals surface area (Å²) >= 11 is 0. The molecule has 2 heterocycles. The van der Waals surface area contributed by atoms with E-state index in [4.69, 9.17) is 9.47 Å². The van der Waals surface area contributed by atoms with Gasteiger partial charge < -0.3 is 14.7 Å². The first-order valence-electron chi connectivity index (χ1n) is 3.38. The normalized spacial score (nSPS) is 29.4. The van der Waals surface area contributed by atoms with Gasteiger partial charge in [-0.25, -0.2) is 4.74 Å². The Labute approximate surface area is 58.6 Å². The minimum absolute atomic E-state index is 0.486. The van der Waals surface area contributed by atoms with Crippen LogP contribution in [-0.2, 0) is 9.47 Å². The van der Waals surface area contributed by atoms with E-state index in [1.807, 2.05) is 0 Å². The van der Waals surface area contributed by atoms with E-state index < -0.39 is 5.79 Å². The lowest BCUT2D eigenvalue weighted by atomic mass is 10.2. The highest BCUT2D eigenvalue weighted by atomic mass is 16.7. The first-order valence-corrected chi connectivity index (χ1v) is 3.38. The van der Waals surface area contributed by atoms with Crippen molar-refractivity contribution < 1.29 is 14.2 Å². The van der Waals surface area contributed by atoms with Gasteiger partial charge in [-0.3, -0.25) is 0 Å². The third kappa shape index (κ3) is 0.803. The predicted octanol–water partition coefficient (Wildman–Crippen LogP) is -0.286. The molecule has 0 aromatic heterocycles. The summed E-state index contributed by atoms with van der Waals surface area (Å²) < 4.78 is 11.4. The average molecular weight is 143 g/mol. The highest BCUT2D eigenvalue weighted by Crippen LogP contribution is 2.24. The maximum Gasteiger partial charge on any atom is 0.255 e. The number of hydrogen-bond donors (Lipinski definition) is 0. The summed E-state index contributed by atoms with van der Waals surface area (Å²) in [5.41, 5.74) is 0. The number of nitrogens with zero attached hydrogens (tertiary/aromatic N) is 1. The second-order valence-electron chi connectivity index (χ2n) is 2.53. The maximum absolute atomic E-state index is 10.7. The molecular weight excluding hydrogens is 134 g/mol. The molecule has 2 aliphatic heterocycles. The number of rotatable bonds is 0. The van der Waals surface area contributed by atoms with Crippen molar-refractivity contribution >= 4 is 6.21 Å². The molecule has 0 saturated carbocycles. The molecule has 0 atom stereocenters. The molecule has 0 aromatic rings. The van der Waals surface area contributed by atoms with Crippen LogP contribution in [0.2, 0.25) is 0 Å². The first-order chi connectivity index (χ1) is 4.81. The standard InChI is InChI=1S/C6H9NO3/c8-7-2-1-6(5-7)9-3-4-10-6/h5H,1-4H2. The van der Waals surface area contributed by atoms with Gasteiger partial charge in [0.25, 0.3) is 5.79 Å². The molecule has 56 valence electrons. The molecular formula is C6H9NO3. The van der Waals surface area contributed by atoms with Gasteiger partial charge in [-0.05, 0) is 0 Å². The average Bonchev–Trinajstić information content (AvgIpc) is 2.46. The predicted molar refractivity (Wildman–Crippen MR) is 33.8 cm³/mol. The van der Waals surface area contributed by atoms with Gasteiger partial charge in [-0.2, -0.15) is 0 Å². The van der Waals surface area contributed by atoms with Crippen LogP contribution < -0.4 is 0 Å². The number of hydrogen-bond acceptors (Lipinski definition) is 3. The highest BCUT2D eigenvalue weighted by molar-refractivity contribution is 5.63. The van der Waals surface area contributed by atoms with Crippen molar-refractivity contribution in [1.29, 1.82) is 0 Å². The van der Waals surface area contributed by atoms with Gasteiger partial charge >= 0.3 is 0 Å². The van der Waals surface area contributed by atoms with Crippen molar-refractivity contribution in [2.45, 2.75) is 12.2 Å². The van der Waals surface area contributed by atoms with E-state index >= 15 is 0 Å². The number of hydroxylamine groups is 1. The van der Waals surface area contributed by atoms with Gasteiger partial charge in [-0.15, -0.1) is 0 Å². The Bertz CT molecular complexity index is 172. The van der Waals surface area contributed by atoms with Crippen molar-refractivity contribution in [3.63, 3.8) is 0 Å². The van der Waals surface area contributed by atoms with E-state index in [0.717, 1.165) is 4.74 Å². The van der Waals surface area contributed by atoms with Crippen LogP contribution >= 0.6 is 0 Å². The van der Waals surface area contributed by atoms with Crippen LogP contribution in [0.3, 0.4) is 0 Å². The van der Waals surface area contributed by atoms with Gasteiger partial charge in [0.2, 0.25) is 6.21 Å². The fourth-order valence-electron chi connectivity index (χ4n) is 1.30. The molecule has 2 rings (SSSR count). The lowest BCUT2D eigenvalue weighted by Crippen LogP contribution is -2.29. The van der Waals surface area contributed by atoms with E-state index in [1.54, 1.807) is 0 Å². The first kappa shape index (κ1) is 6.12. The fraction of sp³-hybridized carbons (Fsp3) is 0.833. The van der Waals surface area contributed by atoms with Crippen LogP contribution in [0.4, 0.5) is 0 Å². The van der Waals surface area contributed by atoms with Gasteiger partial charge in [-0.1, -0.05) is 0 Å². The van der Waals surface area contributed by atoms with Crippen molar-refractivity contribution in [2.24, 2.45) is 0 Å². The molecule has 10 heavy (non-hydrogen) atoms. The number of ether oxygens (including phenoxy) is 2. The maximum atomic E-state index is 10.7. The van der Waals surface area contributed by atoms with Crippen molar-refractivity contribution in [2.75, 3.05) is 19.8 Å². The van der Waals surface area contributed by atoms with Crippen molar-refractivity contribution in [1.82, 2.24) is 0 Å². The topological polar surface area (TPSA) is 44.5 Å². The van der Waals surface area contributed by atoms with Crippen LogP contribution in [0.5, 0.6) is 0 Å². The molecule has 1 fully saturated rings. The lowest BCUT2D eigenvalue weighted by molar-refractivity contribution is -0.443. The molecule has 4 nitrogen and oxygen atoms in total. The minimum atomic E-state index is -0.651. The van der Waals surface area contributed by atoms with E-state index in [1.165, 1.54) is 6.21 Å². The lowest BCUT2D eigenvalue weighted by Gasteiger charge is -2.12. The van der Waals surface area contributed by atoms with Crippen molar-refractivity contribution in [3.05, 3.63) is 5.21 Å². The van der Waals surface area contributed by atoms with Crippen LogP contribution in [0.25, 0.3) is 0 Å². The third-order valence-corrected chi connectivity index (χ3v) is 1.80. The second-order valence-corrected chi connectivity index (χ2v) is 2.53. The van der Waals surface area contributed by atoms with Crippen LogP contribution in [0, 0.1) is 5.21 Å². The van der Waals surface area contributed by atoms with E-state index in [0.29, 0.717) is 26.2 Å². The van der Waals surface area contributed by atoms with Gasteiger partial charge in [0.15, 0.2) is 6.54 Å². The Hall–Kier alpha value is -0.610. The smallest absolute Gasteiger partial charge is 0.255 e. The molecule has 0 radical (unpaired) electrons. The summed E-state index contributed by atoms with van der Waals surface area (Å²) in [7, 11) is 0. The molecule has 1 saturated heterocycles. The van der Waals surface area contributed by atoms with E-state index in [-0.39, 0.29) is 0 Å². The summed E-state index contributed by atoms with van der Waals surface area (Å²) in [6.45, 7) is 1.69. The third-order valence-electron chi connectivity index (χ3n) is 1.80. The second kappa shape index (κ2) is 1.93. The molecule has 0 unspecified atom stereocenters. The summed E-state index contributed by atoms with van der Waals surface area (Å²) in [4.78, 5) is 0. The zero-order valence-electron chi connectivity index (χ0n) is 5.58. The molecule has 2 aliphatic rings. The Balaban J connectivity index is 2.16. The van der Waals surface area contributed by atoms with Gasteiger partial charge in [0.1, 0.15) is 0 Å². The van der Waals surface area contributed by atoms with E-state index in [9.17, 15) is 5.21 Å². The summed E-state index contributed by atoms with van der Waals surface area (Å²) in [5.74, 6) is -0.651. The zero-order chi connectivity index (χ0) is 7.03. The Morgan fingerprint density at radius 2 is 2.10 bits per heavy atom. The molecule has 0 aromatic carbocycles. The summed E-state index contributed by atoms with van der Waals surface area (Å²) in [6.07, 6.45) is 2.14. The molecule has 0 bridgehead atoms. The molecule has 0 aliphatic carbocycles. The largest absolute Gasteiger partial charge is 0.624 e. The summed E-state index contributed by atoms with van der Waals surface area (Å²) in [5, 5.41) is 10.7. The SMILES string of the molecule is [O-][N+]1=CC2(CC1)OCCO2. The minimum Gasteiger partial charge on any atom is -0.624 e. The molecule has 1 spiro atoms. The van der Waals surface area contributed by atoms with E-state index in [2.05, 4.69) is 0 Å². The van der Waals surface area contributed by atoms with Crippen molar-refractivity contribution in [3.8, 4) is 0 Å². The Kier molecular flexibility index (Phi) is 1.18. The Morgan fingerprint density at radius 3 is 2.60 bits per heavy atom. The molecule has 0 amide bonds. The van der Waals surface area contributed by atoms with Crippen LogP contribution in [0.1, 0.15) is 6.42 Å². The van der Waals surface area contributed by atoms with Gasteiger partial charge in [0, 0.05) is 0 Å².